The molecule has 0 atom stereocenters. The lowest BCUT2D eigenvalue weighted by atomic mass is 10.1. The molecular weight excluding hydrogens is 435 g/mol. The Morgan fingerprint density at radius 3 is 2.55 bits per heavy atom. The molecule has 152 valence electrons. The molecule has 4 rings (SSSR count). The number of hydrogen-bond acceptors (Lipinski definition) is 6. The zero-order chi connectivity index (χ0) is 20.6. The summed E-state index contributed by atoms with van der Waals surface area (Å²) in [5.41, 5.74) is 1.25. The zero-order valence-corrected chi connectivity index (χ0v) is 17.9. The molecule has 0 aliphatic carbocycles. The third-order valence-corrected chi connectivity index (χ3v) is 7.10. The third-order valence-electron chi connectivity index (χ3n) is 4.82. The number of pyridine rings is 1. The van der Waals surface area contributed by atoms with Gasteiger partial charge in [0.2, 0.25) is 9.84 Å². The molecule has 9 heteroatoms. The molecule has 2 aromatic carbocycles. The van der Waals surface area contributed by atoms with E-state index in [0.717, 1.165) is 0 Å². The average molecular weight is 453 g/mol. The normalized spacial score (nSPS) is 14.9. The van der Waals surface area contributed by atoms with E-state index < -0.39 is 9.84 Å². The number of aromatic nitrogens is 1. The van der Waals surface area contributed by atoms with E-state index in [1.54, 1.807) is 18.2 Å². The highest BCUT2D eigenvalue weighted by atomic mass is 35.5. The fraction of sp³-hybridized carbons (Fsp3) is 0.250. The molecule has 1 aliphatic rings. The van der Waals surface area contributed by atoms with Gasteiger partial charge in [-0.1, -0.05) is 23.2 Å². The topological polar surface area (TPSA) is 68.7 Å². The van der Waals surface area contributed by atoms with Crippen LogP contribution in [0.25, 0.3) is 10.9 Å². The fourth-order valence-corrected chi connectivity index (χ4v) is 5.34. The second-order valence-corrected chi connectivity index (χ2v) is 9.29. The number of rotatable bonds is 4. The highest BCUT2D eigenvalue weighted by Gasteiger charge is 2.28. The third kappa shape index (κ3) is 3.75. The summed E-state index contributed by atoms with van der Waals surface area (Å²) in [7, 11) is -2.42. The van der Waals surface area contributed by atoms with E-state index in [-0.39, 0.29) is 14.8 Å². The van der Waals surface area contributed by atoms with Crippen LogP contribution in [-0.4, -0.2) is 46.8 Å². The maximum Gasteiger partial charge on any atom is 0.210 e. The Bertz CT molecular complexity index is 1180. The van der Waals surface area contributed by atoms with Crippen LogP contribution in [0.5, 0.6) is 5.75 Å². The Morgan fingerprint density at radius 1 is 1.10 bits per heavy atom. The molecule has 29 heavy (non-hydrogen) atoms. The molecule has 6 nitrogen and oxygen atoms in total. The van der Waals surface area contributed by atoms with Gasteiger partial charge in [-0.15, -0.1) is 0 Å². The van der Waals surface area contributed by atoms with Crippen molar-refractivity contribution >= 4 is 49.6 Å². The Morgan fingerprint density at radius 2 is 1.86 bits per heavy atom. The Hall–Kier alpha value is -2.06. The number of halogens is 2. The molecule has 1 aromatic heterocycles. The van der Waals surface area contributed by atoms with E-state index in [4.69, 9.17) is 32.7 Å². The summed E-state index contributed by atoms with van der Waals surface area (Å²) >= 11 is 12.4. The molecule has 3 aromatic rings. The van der Waals surface area contributed by atoms with Crippen molar-refractivity contribution < 1.29 is 17.9 Å². The van der Waals surface area contributed by atoms with Crippen LogP contribution in [0, 0.1) is 0 Å². The second kappa shape index (κ2) is 7.99. The van der Waals surface area contributed by atoms with Crippen LogP contribution in [0.2, 0.25) is 10.0 Å². The van der Waals surface area contributed by atoms with E-state index >= 15 is 0 Å². The zero-order valence-electron chi connectivity index (χ0n) is 15.6. The van der Waals surface area contributed by atoms with Gasteiger partial charge in [0, 0.05) is 29.7 Å². The molecule has 0 spiro atoms. The summed E-state index contributed by atoms with van der Waals surface area (Å²) in [6.45, 7) is 2.16. The van der Waals surface area contributed by atoms with E-state index in [0.29, 0.717) is 53.7 Å². The summed E-state index contributed by atoms with van der Waals surface area (Å²) < 4.78 is 37.7. The first-order valence-electron chi connectivity index (χ1n) is 8.91. The van der Waals surface area contributed by atoms with E-state index in [1.807, 2.05) is 4.90 Å². The summed E-state index contributed by atoms with van der Waals surface area (Å²) in [5, 5.41) is 1.41. The quantitative estimate of drug-likeness (QED) is 0.590. The van der Waals surface area contributed by atoms with Gasteiger partial charge in [-0.25, -0.2) is 8.42 Å². The predicted molar refractivity (Wildman–Crippen MR) is 113 cm³/mol. The molecule has 1 fully saturated rings. The van der Waals surface area contributed by atoms with Crippen molar-refractivity contribution in [3.8, 4) is 5.75 Å². The van der Waals surface area contributed by atoms with E-state index in [9.17, 15) is 8.42 Å². The minimum absolute atomic E-state index is 0.0704. The number of anilines is 1. The summed E-state index contributed by atoms with van der Waals surface area (Å²) in [5.74, 6) is 0.405. The van der Waals surface area contributed by atoms with Gasteiger partial charge in [0.25, 0.3) is 0 Å². The lowest BCUT2D eigenvalue weighted by molar-refractivity contribution is 0.122. The number of ether oxygens (including phenoxy) is 2. The SMILES string of the molecule is COc1ccc(S(=O)(=O)c2cnc3ccc(Cl)cc3c2N2CCOCC2)cc1Cl. The summed E-state index contributed by atoms with van der Waals surface area (Å²) in [6.07, 6.45) is 1.40. The number of sulfone groups is 1. The largest absolute Gasteiger partial charge is 0.495 e. The molecule has 0 N–H and O–H groups in total. The van der Waals surface area contributed by atoms with Crippen molar-refractivity contribution in [3.05, 3.63) is 52.6 Å². The molecule has 0 unspecified atom stereocenters. The Labute approximate surface area is 178 Å². The van der Waals surface area contributed by atoms with Crippen LogP contribution in [0.1, 0.15) is 0 Å². The van der Waals surface area contributed by atoms with E-state index in [2.05, 4.69) is 4.98 Å². The molecule has 1 aliphatic heterocycles. The van der Waals surface area contributed by atoms with Gasteiger partial charge < -0.3 is 14.4 Å². The average Bonchev–Trinajstić information content (AvgIpc) is 2.73. The monoisotopic (exact) mass is 452 g/mol. The van der Waals surface area contributed by atoms with Crippen molar-refractivity contribution in [1.82, 2.24) is 4.98 Å². The first kappa shape index (κ1) is 20.2. The van der Waals surface area contributed by atoms with Crippen LogP contribution in [0.4, 0.5) is 5.69 Å². The minimum Gasteiger partial charge on any atom is -0.495 e. The van der Waals surface area contributed by atoms with Crippen molar-refractivity contribution in [1.29, 1.82) is 0 Å². The lowest BCUT2D eigenvalue weighted by Gasteiger charge is -2.31. The molecule has 0 amide bonds. The maximum atomic E-state index is 13.5. The molecular formula is C20H18Cl2N2O4S. The highest BCUT2D eigenvalue weighted by Crippen LogP contribution is 2.38. The maximum absolute atomic E-state index is 13.5. The van der Waals surface area contributed by atoms with Gasteiger partial charge in [-0.05, 0) is 36.4 Å². The van der Waals surface area contributed by atoms with Crippen LogP contribution in [-0.2, 0) is 14.6 Å². The molecule has 1 saturated heterocycles. The highest BCUT2D eigenvalue weighted by molar-refractivity contribution is 7.91. The molecule has 2 heterocycles. The van der Waals surface area contributed by atoms with Gasteiger partial charge in [0.15, 0.2) is 0 Å². The van der Waals surface area contributed by atoms with Crippen molar-refractivity contribution in [2.24, 2.45) is 0 Å². The number of fused-ring (bicyclic) bond motifs is 1. The van der Waals surface area contributed by atoms with Crippen LogP contribution in [0.3, 0.4) is 0 Å². The minimum atomic E-state index is -3.90. The Balaban J connectivity index is 1.95. The predicted octanol–water partition coefficient (Wildman–Crippen LogP) is 4.22. The number of morpholine rings is 1. The van der Waals surface area contributed by atoms with Crippen molar-refractivity contribution in [2.75, 3.05) is 38.3 Å². The van der Waals surface area contributed by atoms with Crippen LogP contribution >= 0.6 is 23.2 Å². The van der Waals surface area contributed by atoms with Gasteiger partial charge in [-0.3, -0.25) is 4.98 Å². The van der Waals surface area contributed by atoms with E-state index in [1.165, 1.54) is 31.5 Å². The molecule has 0 bridgehead atoms. The summed E-state index contributed by atoms with van der Waals surface area (Å²) in [4.78, 5) is 6.55. The van der Waals surface area contributed by atoms with Gasteiger partial charge in [0.1, 0.15) is 10.6 Å². The first-order chi connectivity index (χ1) is 13.9. The lowest BCUT2D eigenvalue weighted by Crippen LogP contribution is -2.37. The summed E-state index contributed by atoms with van der Waals surface area (Å²) in [6, 6.07) is 9.66. The van der Waals surface area contributed by atoms with Gasteiger partial charge >= 0.3 is 0 Å². The number of methoxy groups -OCH3 is 1. The van der Waals surface area contributed by atoms with Gasteiger partial charge in [0.05, 0.1) is 41.4 Å². The Kier molecular flexibility index (Phi) is 5.57. The second-order valence-electron chi connectivity index (χ2n) is 6.53. The molecule has 0 saturated carbocycles. The number of benzene rings is 2. The number of hydrogen-bond donors (Lipinski definition) is 0. The van der Waals surface area contributed by atoms with Crippen molar-refractivity contribution in [2.45, 2.75) is 9.79 Å². The standard InChI is InChI=1S/C20H18Cl2N2O4S/c1-27-18-5-3-14(11-16(18)22)29(25,26)19-12-23-17-4-2-13(21)10-15(17)20(19)24-6-8-28-9-7-24/h2-5,10-12H,6-9H2,1H3. The fourth-order valence-electron chi connectivity index (χ4n) is 3.38. The smallest absolute Gasteiger partial charge is 0.210 e. The van der Waals surface area contributed by atoms with Crippen LogP contribution < -0.4 is 9.64 Å². The van der Waals surface area contributed by atoms with Crippen LogP contribution in [0.15, 0.2) is 52.4 Å². The van der Waals surface area contributed by atoms with Crippen molar-refractivity contribution in [3.63, 3.8) is 0 Å². The number of nitrogens with zero attached hydrogens (tertiary/aromatic N) is 2. The van der Waals surface area contributed by atoms with Gasteiger partial charge in [-0.2, -0.15) is 0 Å². The first-order valence-corrected chi connectivity index (χ1v) is 11.2. The molecule has 0 radical (unpaired) electrons.